The van der Waals surface area contributed by atoms with Gasteiger partial charge in [0.2, 0.25) is 11.7 Å². The third kappa shape index (κ3) is 3.90. The van der Waals surface area contributed by atoms with Gasteiger partial charge in [0, 0.05) is 18.8 Å². The number of hydrogen-bond acceptors (Lipinski definition) is 7. The van der Waals surface area contributed by atoms with Gasteiger partial charge in [-0.05, 0) is 23.8 Å². The average Bonchev–Trinajstić information content (AvgIpc) is 3.18. The zero-order valence-corrected chi connectivity index (χ0v) is 15.1. The summed E-state index contributed by atoms with van der Waals surface area (Å²) in [5.41, 5.74) is 6.85. The lowest BCUT2D eigenvalue weighted by Crippen LogP contribution is -2.46. The molecule has 0 saturated heterocycles. The second-order valence-electron chi connectivity index (χ2n) is 6.20. The van der Waals surface area contributed by atoms with E-state index in [0.717, 1.165) is 5.56 Å². The molecular formula is C19H16N8O2. The number of amides is 2. The normalized spacial score (nSPS) is 11.9. The van der Waals surface area contributed by atoms with Crippen LogP contribution in [0.15, 0.2) is 60.9 Å². The van der Waals surface area contributed by atoms with Crippen LogP contribution in [-0.2, 0) is 11.2 Å². The number of benzene rings is 1. The Balaban J connectivity index is 1.60. The highest BCUT2D eigenvalue weighted by atomic mass is 16.2. The molecule has 4 rings (SSSR count). The Morgan fingerprint density at radius 2 is 1.76 bits per heavy atom. The van der Waals surface area contributed by atoms with Crippen molar-refractivity contribution < 1.29 is 9.59 Å². The molecule has 3 N–H and O–H groups in total. The van der Waals surface area contributed by atoms with Crippen molar-refractivity contribution >= 4 is 17.5 Å². The van der Waals surface area contributed by atoms with Gasteiger partial charge >= 0.3 is 0 Å². The quantitative estimate of drug-likeness (QED) is 0.487. The predicted molar refractivity (Wildman–Crippen MR) is 102 cm³/mol. The van der Waals surface area contributed by atoms with Crippen LogP contribution in [-0.4, -0.2) is 47.6 Å². The molecule has 2 amide bonds. The van der Waals surface area contributed by atoms with E-state index in [-0.39, 0.29) is 12.1 Å². The Bertz CT molecular complexity index is 1160. The van der Waals surface area contributed by atoms with Crippen LogP contribution in [0.3, 0.4) is 0 Å². The Labute approximate surface area is 164 Å². The van der Waals surface area contributed by atoms with Crippen molar-refractivity contribution in [1.29, 1.82) is 0 Å². The van der Waals surface area contributed by atoms with E-state index in [1.807, 2.05) is 30.3 Å². The maximum Gasteiger partial charge on any atom is 0.272 e. The van der Waals surface area contributed by atoms with Gasteiger partial charge in [-0.1, -0.05) is 30.3 Å². The molecule has 4 aromatic rings. The molecule has 0 aliphatic heterocycles. The van der Waals surface area contributed by atoms with Crippen molar-refractivity contribution in [3.8, 4) is 11.6 Å². The van der Waals surface area contributed by atoms with E-state index in [9.17, 15) is 9.59 Å². The van der Waals surface area contributed by atoms with Crippen LogP contribution < -0.4 is 11.1 Å². The highest BCUT2D eigenvalue weighted by Gasteiger charge is 2.21. The summed E-state index contributed by atoms with van der Waals surface area (Å²) in [6.07, 6.45) is 3.42. The third-order valence-electron chi connectivity index (χ3n) is 4.19. The molecule has 10 nitrogen and oxygen atoms in total. The lowest BCUT2D eigenvalue weighted by Gasteiger charge is -2.15. The predicted octanol–water partition coefficient (Wildman–Crippen LogP) is 0.408. The zero-order valence-electron chi connectivity index (χ0n) is 15.1. The fraction of sp³-hybridized carbons (Fsp3) is 0.105. The molecule has 29 heavy (non-hydrogen) atoms. The van der Waals surface area contributed by atoms with Gasteiger partial charge in [-0.25, -0.2) is 9.97 Å². The molecular weight excluding hydrogens is 372 g/mol. The van der Waals surface area contributed by atoms with Crippen molar-refractivity contribution in [2.75, 3.05) is 0 Å². The van der Waals surface area contributed by atoms with Crippen LogP contribution in [0.2, 0.25) is 0 Å². The second-order valence-corrected chi connectivity index (χ2v) is 6.20. The molecule has 1 aromatic carbocycles. The van der Waals surface area contributed by atoms with Crippen molar-refractivity contribution in [3.05, 3.63) is 72.2 Å². The topological polar surface area (TPSA) is 141 Å². The van der Waals surface area contributed by atoms with Crippen molar-refractivity contribution in [2.45, 2.75) is 12.5 Å². The highest BCUT2D eigenvalue weighted by Crippen LogP contribution is 2.12. The smallest absolute Gasteiger partial charge is 0.272 e. The number of carbonyl (C=O) groups excluding carboxylic acids is 2. The Morgan fingerprint density at radius 1 is 1.00 bits per heavy atom. The first-order valence-electron chi connectivity index (χ1n) is 8.76. The minimum absolute atomic E-state index is 0.0776. The maximum absolute atomic E-state index is 12.7. The summed E-state index contributed by atoms with van der Waals surface area (Å²) >= 11 is 0. The van der Waals surface area contributed by atoms with E-state index in [4.69, 9.17) is 5.73 Å². The van der Waals surface area contributed by atoms with E-state index in [0.29, 0.717) is 17.3 Å². The van der Waals surface area contributed by atoms with Crippen molar-refractivity contribution in [3.63, 3.8) is 0 Å². The van der Waals surface area contributed by atoms with Gasteiger partial charge in [-0.3, -0.25) is 9.59 Å². The number of nitrogens with one attached hydrogen (secondary N) is 1. The van der Waals surface area contributed by atoms with Gasteiger partial charge in [0.1, 0.15) is 11.7 Å². The van der Waals surface area contributed by atoms with Crippen LogP contribution in [0, 0.1) is 0 Å². The molecule has 0 saturated carbocycles. The summed E-state index contributed by atoms with van der Waals surface area (Å²) in [6.45, 7) is 0. The minimum Gasteiger partial charge on any atom is -0.368 e. The number of fused-ring (bicyclic) bond motifs is 1. The van der Waals surface area contributed by atoms with Gasteiger partial charge < -0.3 is 11.1 Å². The lowest BCUT2D eigenvalue weighted by atomic mass is 10.1. The van der Waals surface area contributed by atoms with Crippen LogP contribution in [0.4, 0.5) is 0 Å². The Kier molecular flexibility index (Phi) is 4.89. The number of nitrogens with zero attached hydrogens (tertiary/aromatic N) is 6. The second kappa shape index (κ2) is 7.80. The molecule has 0 bridgehead atoms. The molecule has 0 aliphatic carbocycles. The molecule has 1 atom stereocenters. The summed E-state index contributed by atoms with van der Waals surface area (Å²) < 4.78 is 1.38. The minimum atomic E-state index is -0.875. The zero-order chi connectivity index (χ0) is 20.2. The van der Waals surface area contributed by atoms with Crippen LogP contribution in [0.25, 0.3) is 17.3 Å². The standard InChI is InChI=1S/C19H16N8O2/c20-16(28)14(11-12-5-2-1-3-6-12)23-19(29)13-7-8-15-24-25-18(27(15)26-13)17-21-9-4-10-22-17/h1-10,14H,11H2,(H2,20,28)(H,23,29)/t14-/m1/s1. The number of carbonyl (C=O) groups is 2. The molecule has 0 unspecified atom stereocenters. The van der Waals surface area contributed by atoms with Crippen molar-refractivity contribution in [1.82, 2.24) is 35.1 Å². The molecule has 10 heteroatoms. The molecule has 0 radical (unpaired) electrons. The first-order chi connectivity index (χ1) is 14.1. The molecule has 3 heterocycles. The van der Waals surface area contributed by atoms with Crippen LogP contribution >= 0.6 is 0 Å². The fourth-order valence-corrected chi connectivity index (χ4v) is 2.77. The molecule has 0 spiro atoms. The molecule has 0 fully saturated rings. The molecule has 3 aromatic heterocycles. The van der Waals surface area contributed by atoms with E-state index >= 15 is 0 Å². The number of rotatable bonds is 6. The largest absolute Gasteiger partial charge is 0.368 e. The van der Waals surface area contributed by atoms with Gasteiger partial charge in [0.15, 0.2) is 11.5 Å². The number of aromatic nitrogens is 6. The summed E-state index contributed by atoms with van der Waals surface area (Å²) in [4.78, 5) is 32.8. The van der Waals surface area contributed by atoms with E-state index in [2.05, 4.69) is 30.6 Å². The summed E-state index contributed by atoms with van der Waals surface area (Å²) in [5, 5.41) is 15.0. The number of nitrogens with two attached hydrogens (primary N) is 1. The summed E-state index contributed by atoms with van der Waals surface area (Å²) in [5.74, 6) is -0.554. The van der Waals surface area contributed by atoms with Crippen LogP contribution in [0.1, 0.15) is 16.1 Å². The van der Waals surface area contributed by atoms with Crippen LogP contribution in [0.5, 0.6) is 0 Å². The SMILES string of the molecule is NC(=O)[C@@H](Cc1ccccc1)NC(=O)c1ccc2nnc(-c3ncccn3)n2n1. The van der Waals surface area contributed by atoms with E-state index in [1.54, 1.807) is 24.5 Å². The monoisotopic (exact) mass is 388 g/mol. The van der Waals surface area contributed by atoms with Crippen molar-refractivity contribution in [2.24, 2.45) is 5.73 Å². The number of hydrogen-bond donors (Lipinski definition) is 2. The summed E-state index contributed by atoms with van der Waals surface area (Å²) in [7, 11) is 0. The van der Waals surface area contributed by atoms with E-state index < -0.39 is 17.9 Å². The van der Waals surface area contributed by atoms with Gasteiger partial charge in [-0.15, -0.1) is 10.2 Å². The van der Waals surface area contributed by atoms with Gasteiger partial charge in [0.25, 0.3) is 5.91 Å². The van der Waals surface area contributed by atoms with E-state index in [1.165, 1.54) is 10.6 Å². The fourth-order valence-electron chi connectivity index (χ4n) is 2.77. The third-order valence-corrected chi connectivity index (χ3v) is 4.19. The lowest BCUT2D eigenvalue weighted by molar-refractivity contribution is -0.119. The average molecular weight is 388 g/mol. The maximum atomic E-state index is 12.7. The van der Waals surface area contributed by atoms with Gasteiger partial charge in [0.05, 0.1) is 0 Å². The molecule has 0 aliphatic rings. The summed E-state index contributed by atoms with van der Waals surface area (Å²) in [6, 6.07) is 13.2. The molecule has 144 valence electrons. The Morgan fingerprint density at radius 3 is 2.48 bits per heavy atom. The van der Waals surface area contributed by atoms with Gasteiger partial charge in [-0.2, -0.15) is 9.61 Å². The highest BCUT2D eigenvalue weighted by molar-refractivity contribution is 5.96. The Hall–Kier alpha value is -4.21. The number of primary amides is 1. The first-order valence-corrected chi connectivity index (χ1v) is 8.76. The first kappa shape index (κ1) is 18.2.